The summed E-state index contributed by atoms with van der Waals surface area (Å²) < 4.78 is 32.3. The van der Waals surface area contributed by atoms with Crippen molar-refractivity contribution in [2.45, 2.75) is 32.8 Å². The van der Waals surface area contributed by atoms with Gasteiger partial charge in [-0.3, -0.25) is 4.79 Å². The number of ether oxygens (including phenoxy) is 1. The Morgan fingerprint density at radius 3 is 2.53 bits per heavy atom. The van der Waals surface area contributed by atoms with E-state index in [2.05, 4.69) is 4.72 Å². The number of nitrogens with zero attached hydrogens (tertiary/aromatic N) is 1. The van der Waals surface area contributed by atoms with Crippen LogP contribution in [0, 0.1) is 5.92 Å². The molecule has 0 aromatic carbocycles. The van der Waals surface area contributed by atoms with Gasteiger partial charge in [-0.15, -0.1) is 0 Å². The van der Waals surface area contributed by atoms with E-state index in [1.807, 2.05) is 0 Å². The quantitative estimate of drug-likeness (QED) is 0.642. The number of aliphatic hydroxyl groups is 1. The number of nitrogens with one attached hydrogen (secondary N) is 1. The molecule has 0 bridgehead atoms. The van der Waals surface area contributed by atoms with Gasteiger partial charge in [-0.2, -0.15) is 17.4 Å². The molecule has 0 spiro atoms. The molecule has 1 aliphatic heterocycles. The monoisotopic (exact) mass is 294 g/mol. The number of aliphatic hydroxyl groups excluding tert-OH is 1. The molecule has 1 heterocycles. The molecule has 8 heteroatoms. The van der Waals surface area contributed by atoms with Crippen LogP contribution in [0.15, 0.2) is 0 Å². The van der Waals surface area contributed by atoms with Crippen LogP contribution in [-0.4, -0.2) is 56.1 Å². The molecule has 0 aromatic heterocycles. The van der Waals surface area contributed by atoms with Gasteiger partial charge in [-0.1, -0.05) is 0 Å². The lowest BCUT2D eigenvalue weighted by atomic mass is 9.98. The van der Waals surface area contributed by atoms with Gasteiger partial charge in [0.15, 0.2) is 0 Å². The van der Waals surface area contributed by atoms with Crippen LogP contribution in [-0.2, 0) is 19.7 Å². The van der Waals surface area contributed by atoms with Crippen molar-refractivity contribution in [2.24, 2.45) is 5.92 Å². The smallest absolute Gasteiger partial charge is 0.309 e. The summed E-state index contributed by atoms with van der Waals surface area (Å²) in [7, 11) is -3.57. The highest BCUT2D eigenvalue weighted by molar-refractivity contribution is 7.87. The van der Waals surface area contributed by atoms with Crippen LogP contribution < -0.4 is 4.72 Å². The highest BCUT2D eigenvalue weighted by Gasteiger charge is 2.31. The minimum atomic E-state index is -3.57. The van der Waals surface area contributed by atoms with Gasteiger partial charge >= 0.3 is 5.97 Å². The summed E-state index contributed by atoms with van der Waals surface area (Å²) in [5.41, 5.74) is 0. The first-order valence-electron chi connectivity index (χ1n) is 6.46. The second-order valence-corrected chi connectivity index (χ2v) is 6.38. The molecule has 0 aliphatic carbocycles. The third-order valence-corrected chi connectivity index (χ3v) is 4.55. The average Bonchev–Trinajstić information content (AvgIpc) is 2.37. The van der Waals surface area contributed by atoms with Crippen LogP contribution in [0.1, 0.15) is 26.7 Å². The van der Waals surface area contributed by atoms with E-state index >= 15 is 0 Å². The molecule has 0 unspecified atom stereocenters. The molecule has 112 valence electrons. The maximum atomic E-state index is 11.9. The van der Waals surface area contributed by atoms with Crippen LogP contribution in [0.5, 0.6) is 0 Å². The van der Waals surface area contributed by atoms with E-state index in [0.29, 0.717) is 32.5 Å². The van der Waals surface area contributed by atoms with Gasteiger partial charge in [0.2, 0.25) is 0 Å². The summed E-state index contributed by atoms with van der Waals surface area (Å²) >= 11 is 0. The van der Waals surface area contributed by atoms with E-state index in [0.717, 1.165) is 0 Å². The van der Waals surface area contributed by atoms with Crippen molar-refractivity contribution in [3.8, 4) is 0 Å². The molecule has 0 saturated carbocycles. The van der Waals surface area contributed by atoms with Gasteiger partial charge in [-0.25, -0.2) is 0 Å². The second-order valence-electron chi connectivity index (χ2n) is 4.63. The molecule has 1 atom stereocenters. The molecule has 19 heavy (non-hydrogen) atoms. The number of rotatable bonds is 6. The largest absolute Gasteiger partial charge is 0.466 e. The van der Waals surface area contributed by atoms with Crippen molar-refractivity contribution < 1.29 is 23.1 Å². The summed E-state index contributed by atoms with van der Waals surface area (Å²) in [6.07, 6.45) is 0.204. The van der Waals surface area contributed by atoms with Crippen molar-refractivity contribution in [1.29, 1.82) is 0 Å². The number of hydrogen-bond acceptors (Lipinski definition) is 5. The lowest BCUT2D eigenvalue weighted by molar-refractivity contribution is -0.149. The highest BCUT2D eigenvalue weighted by Crippen LogP contribution is 2.20. The molecule has 0 amide bonds. The van der Waals surface area contributed by atoms with Crippen molar-refractivity contribution >= 4 is 16.2 Å². The standard InChI is InChI=1S/C11H22N2O5S/c1-3-18-11(15)10-4-6-13(7-5-10)19(16,17)12-8-9(2)14/h9-10,12,14H,3-8H2,1-2H3/t9-/m0/s1. The van der Waals surface area contributed by atoms with Crippen LogP contribution >= 0.6 is 0 Å². The molecule has 1 saturated heterocycles. The van der Waals surface area contributed by atoms with Crippen molar-refractivity contribution in [3.63, 3.8) is 0 Å². The van der Waals surface area contributed by atoms with E-state index in [-0.39, 0.29) is 18.4 Å². The summed E-state index contributed by atoms with van der Waals surface area (Å²) in [5, 5.41) is 9.08. The summed E-state index contributed by atoms with van der Waals surface area (Å²) in [4.78, 5) is 11.5. The number of piperidine rings is 1. The molecule has 0 radical (unpaired) electrons. The fourth-order valence-corrected chi connectivity index (χ4v) is 3.24. The third kappa shape index (κ3) is 5.06. The summed E-state index contributed by atoms with van der Waals surface area (Å²) in [5.74, 6) is -0.473. The number of carbonyl (C=O) groups excluding carboxylic acids is 1. The van der Waals surface area contributed by atoms with Gasteiger partial charge < -0.3 is 9.84 Å². The topological polar surface area (TPSA) is 95.9 Å². The molecular weight excluding hydrogens is 272 g/mol. The Bertz CT molecular complexity index is 388. The average molecular weight is 294 g/mol. The Hall–Kier alpha value is -0.700. The first kappa shape index (κ1) is 16.4. The van der Waals surface area contributed by atoms with E-state index in [1.165, 1.54) is 11.2 Å². The first-order chi connectivity index (χ1) is 8.86. The maximum absolute atomic E-state index is 11.9. The van der Waals surface area contributed by atoms with Gasteiger partial charge in [0.25, 0.3) is 10.2 Å². The predicted molar refractivity (Wildman–Crippen MR) is 69.5 cm³/mol. The predicted octanol–water partition coefficient (Wildman–Crippen LogP) is -0.523. The Kier molecular flexibility index (Phi) is 6.18. The fraction of sp³-hybridized carbons (Fsp3) is 0.909. The van der Waals surface area contributed by atoms with Crippen LogP contribution in [0.25, 0.3) is 0 Å². The Morgan fingerprint density at radius 2 is 2.05 bits per heavy atom. The molecule has 1 fully saturated rings. The normalized spacial score (nSPS) is 20.2. The molecule has 7 nitrogen and oxygen atoms in total. The molecule has 1 aliphatic rings. The fourth-order valence-electron chi connectivity index (χ4n) is 1.91. The van der Waals surface area contributed by atoms with Gasteiger partial charge in [0, 0.05) is 19.6 Å². The van der Waals surface area contributed by atoms with E-state index in [9.17, 15) is 13.2 Å². The molecule has 1 rings (SSSR count). The maximum Gasteiger partial charge on any atom is 0.309 e. The summed E-state index contributed by atoms with van der Waals surface area (Å²) in [6, 6.07) is 0. The zero-order valence-electron chi connectivity index (χ0n) is 11.3. The third-order valence-electron chi connectivity index (χ3n) is 2.97. The Morgan fingerprint density at radius 1 is 1.47 bits per heavy atom. The minimum absolute atomic E-state index is 0.0138. The van der Waals surface area contributed by atoms with Crippen molar-refractivity contribution in [2.75, 3.05) is 26.2 Å². The number of hydrogen-bond donors (Lipinski definition) is 2. The Balaban J connectivity index is 2.46. The minimum Gasteiger partial charge on any atom is -0.466 e. The van der Waals surface area contributed by atoms with E-state index < -0.39 is 16.3 Å². The molecular formula is C11H22N2O5S. The van der Waals surface area contributed by atoms with Crippen LogP contribution in [0.3, 0.4) is 0 Å². The van der Waals surface area contributed by atoms with Gasteiger partial charge in [-0.05, 0) is 26.7 Å². The lowest BCUT2D eigenvalue weighted by Gasteiger charge is -2.30. The lowest BCUT2D eigenvalue weighted by Crippen LogP contribution is -2.47. The SMILES string of the molecule is CCOC(=O)C1CCN(S(=O)(=O)NC[C@H](C)O)CC1. The van der Waals surface area contributed by atoms with Crippen molar-refractivity contribution in [3.05, 3.63) is 0 Å². The zero-order chi connectivity index (χ0) is 14.5. The first-order valence-corrected chi connectivity index (χ1v) is 7.90. The highest BCUT2D eigenvalue weighted by atomic mass is 32.2. The number of carbonyl (C=O) groups is 1. The zero-order valence-corrected chi connectivity index (χ0v) is 12.1. The Labute approximate surface area is 114 Å². The number of esters is 1. The van der Waals surface area contributed by atoms with Gasteiger partial charge in [0.05, 0.1) is 18.6 Å². The second kappa shape index (κ2) is 7.18. The van der Waals surface area contributed by atoms with E-state index in [1.54, 1.807) is 6.92 Å². The molecule has 0 aromatic rings. The van der Waals surface area contributed by atoms with Crippen LogP contribution in [0.2, 0.25) is 0 Å². The van der Waals surface area contributed by atoms with Gasteiger partial charge in [0.1, 0.15) is 0 Å². The van der Waals surface area contributed by atoms with Crippen LogP contribution in [0.4, 0.5) is 0 Å². The molecule has 2 N–H and O–H groups in total. The van der Waals surface area contributed by atoms with Crippen molar-refractivity contribution in [1.82, 2.24) is 9.03 Å². The summed E-state index contributed by atoms with van der Waals surface area (Å²) in [6.45, 7) is 4.16. The van der Waals surface area contributed by atoms with E-state index in [4.69, 9.17) is 9.84 Å².